The molecule has 1 N–H and O–H groups in total. The molecule has 124 valence electrons. The van der Waals surface area contributed by atoms with Gasteiger partial charge in [-0.2, -0.15) is 0 Å². The molecule has 0 aliphatic carbocycles. The van der Waals surface area contributed by atoms with Crippen molar-refractivity contribution in [1.29, 1.82) is 0 Å². The quantitative estimate of drug-likeness (QED) is 0.856. The summed E-state index contributed by atoms with van der Waals surface area (Å²) in [5.41, 5.74) is 1.51. The van der Waals surface area contributed by atoms with Crippen LogP contribution in [0.25, 0.3) is 6.08 Å². The fourth-order valence-electron chi connectivity index (χ4n) is 2.41. The Morgan fingerprint density at radius 2 is 1.67 bits per heavy atom. The van der Waals surface area contributed by atoms with Gasteiger partial charge < -0.3 is 19.5 Å². The van der Waals surface area contributed by atoms with Crippen molar-refractivity contribution in [2.75, 3.05) is 26.6 Å². The van der Waals surface area contributed by atoms with Crippen LogP contribution in [0.1, 0.15) is 5.56 Å². The third-order valence-electron chi connectivity index (χ3n) is 3.61. The summed E-state index contributed by atoms with van der Waals surface area (Å²) < 4.78 is 16.1. The summed E-state index contributed by atoms with van der Waals surface area (Å²) >= 11 is 1.41. The maximum Gasteiger partial charge on any atom is 0.262 e. The fraction of sp³-hybridized carbons (Fsp3) is 0.167. The number of anilines is 1. The summed E-state index contributed by atoms with van der Waals surface area (Å²) in [6.07, 6.45) is 1.77. The number of carbonyl (C=O) groups is 1. The van der Waals surface area contributed by atoms with Crippen LogP contribution in [0.3, 0.4) is 0 Å². The number of carbonyl (C=O) groups excluding carboxylic acids is 1. The van der Waals surface area contributed by atoms with Gasteiger partial charge in [-0.05, 0) is 18.2 Å². The van der Waals surface area contributed by atoms with Crippen molar-refractivity contribution in [3.05, 3.63) is 46.9 Å². The average molecular weight is 343 g/mol. The van der Waals surface area contributed by atoms with E-state index in [0.717, 1.165) is 10.6 Å². The summed E-state index contributed by atoms with van der Waals surface area (Å²) in [6, 6.07) is 11.2. The molecule has 0 saturated heterocycles. The van der Waals surface area contributed by atoms with Gasteiger partial charge in [0.05, 0.1) is 37.5 Å². The number of para-hydroxylation sites is 1. The van der Waals surface area contributed by atoms with Crippen molar-refractivity contribution in [1.82, 2.24) is 0 Å². The van der Waals surface area contributed by atoms with Crippen molar-refractivity contribution in [3.63, 3.8) is 0 Å². The summed E-state index contributed by atoms with van der Waals surface area (Å²) in [5.74, 6) is 1.62. The highest BCUT2D eigenvalue weighted by Crippen LogP contribution is 2.42. The van der Waals surface area contributed by atoms with Gasteiger partial charge in [0, 0.05) is 17.0 Å². The zero-order valence-corrected chi connectivity index (χ0v) is 14.4. The number of thioether (sulfide) groups is 1. The van der Waals surface area contributed by atoms with Gasteiger partial charge in [0.2, 0.25) is 0 Å². The van der Waals surface area contributed by atoms with E-state index in [-0.39, 0.29) is 5.91 Å². The molecule has 5 nitrogen and oxygen atoms in total. The molecule has 0 bridgehead atoms. The number of fused-ring (bicyclic) bond motifs is 1. The molecular weight excluding hydrogens is 326 g/mol. The van der Waals surface area contributed by atoms with Crippen molar-refractivity contribution in [2.24, 2.45) is 0 Å². The average Bonchev–Trinajstić information content (AvgIpc) is 2.62. The predicted molar refractivity (Wildman–Crippen MR) is 95.0 cm³/mol. The Balaban J connectivity index is 2.07. The SMILES string of the molecule is COc1cc(OC)c(/C=C2\Sc3ccccc3NC2=O)c(OC)c1. The topological polar surface area (TPSA) is 56.8 Å². The third kappa shape index (κ3) is 3.05. The first kappa shape index (κ1) is 16.3. The predicted octanol–water partition coefficient (Wildman–Crippen LogP) is 3.80. The van der Waals surface area contributed by atoms with Crippen LogP contribution < -0.4 is 19.5 Å². The summed E-state index contributed by atoms with van der Waals surface area (Å²) in [6.45, 7) is 0. The van der Waals surface area contributed by atoms with Crippen LogP contribution in [0.5, 0.6) is 17.2 Å². The van der Waals surface area contributed by atoms with E-state index >= 15 is 0 Å². The monoisotopic (exact) mass is 343 g/mol. The number of ether oxygens (including phenoxy) is 3. The van der Waals surface area contributed by atoms with Crippen LogP contribution >= 0.6 is 11.8 Å². The van der Waals surface area contributed by atoms with Crippen LogP contribution in [0.15, 0.2) is 46.2 Å². The van der Waals surface area contributed by atoms with Gasteiger partial charge in [-0.1, -0.05) is 23.9 Å². The molecule has 2 aromatic carbocycles. The fourth-order valence-corrected chi connectivity index (χ4v) is 3.34. The van der Waals surface area contributed by atoms with E-state index in [1.54, 1.807) is 39.5 Å². The zero-order valence-electron chi connectivity index (χ0n) is 13.6. The highest BCUT2D eigenvalue weighted by atomic mass is 32.2. The Kier molecular flexibility index (Phi) is 4.66. The van der Waals surface area contributed by atoms with Gasteiger partial charge in [0.15, 0.2) is 0 Å². The maximum atomic E-state index is 12.4. The molecule has 0 spiro atoms. The van der Waals surface area contributed by atoms with E-state index in [1.165, 1.54) is 11.8 Å². The number of hydrogen-bond acceptors (Lipinski definition) is 5. The van der Waals surface area contributed by atoms with Crippen molar-refractivity contribution in [2.45, 2.75) is 4.90 Å². The molecule has 6 heteroatoms. The molecule has 0 radical (unpaired) electrons. The lowest BCUT2D eigenvalue weighted by atomic mass is 10.1. The molecule has 0 fully saturated rings. The minimum Gasteiger partial charge on any atom is -0.496 e. The van der Waals surface area contributed by atoms with Crippen molar-refractivity contribution < 1.29 is 19.0 Å². The minimum absolute atomic E-state index is 0.154. The van der Waals surface area contributed by atoms with Gasteiger partial charge in [-0.3, -0.25) is 4.79 Å². The first-order valence-corrected chi connectivity index (χ1v) is 8.08. The molecule has 0 saturated carbocycles. The van der Waals surface area contributed by atoms with Crippen LogP contribution in [-0.4, -0.2) is 27.2 Å². The van der Waals surface area contributed by atoms with Crippen molar-refractivity contribution >= 4 is 29.4 Å². The lowest BCUT2D eigenvalue weighted by Gasteiger charge is -2.19. The van der Waals surface area contributed by atoms with Gasteiger partial charge >= 0.3 is 0 Å². The smallest absolute Gasteiger partial charge is 0.262 e. The zero-order chi connectivity index (χ0) is 17.1. The second-order valence-corrected chi connectivity index (χ2v) is 6.09. The second-order valence-electron chi connectivity index (χ2n) is 5.01. The van der Waals surface area contributed by atoms with E-state index in [9.17, 15) is 4.79 Å². The first-order chi connectivity index (χ1) is 11.7. The standard InChI is InChI=1S/C18H17NO4S/c1-21-11-8-14(22-2)12(15(9-11)23-3)10-17-18(20)19-13-6-4-5-7-16(13)24-17/h4-10H,1-3H3,(H,19,20)/b17-10-. The first-order valence-electron chi connectivity index (χ1n) is 7.26. The van der Waals surface area contributed by atoms with Gasteiger partial charge in [0.1, 0.15) is 17.2 Å². The summed E-state index contributed by atoms with van der Waals surface area (Å²) in [5, 5.41) is 2.89. The molecule has 0 aromatic heterocycles. The van der Waals surface area contributed by atoms with E-state index in [2.05, 4.69) is 5.32 Å². The van der Waals surface area contributed by atoms with Crippen LogP contribution in [0.2, 0.25) is 0 Å². The Morgan fingerprint density at radius 3 is 2.29 bits per heavy atom. The Hall–Kier alpha value is -2.60. The Bertz CT molecular complexity index is 791. The van der Waals surface area contributed by atoms with Gasteiger partial charge in [-0.15, -0.1) is 0 Å². The van der Waals surface area contributed by atoms with Crippen LogP contribution in [-0.2, 0) is 4.79 Å². The number of methoxy groups -OCH3 is 3. The number of rotatable bonds is 4. The second kappa shape index (κ2) is 6.88. The maximum absolute atomic E-state index is 12.4. The molecule has 24 heavy (non-hydrogen) atoms. The number of benzene rings is 2. The largest absolute Gasteiger partial charge is 0.496 e. The van der Waals surface area contributed by atoms with E-state index in [4.69, 9.17) is 14.2 Å². The Labute approximate surface area is 144 Å². The van der Waals surface area contributed by atoms with E-state index < -0.39 is 0 Å². The highest BCUT2D eigenvalue weighted by molar-refractivity contribution is 8.04. The lowest BCUT2D eigenvalue weighted by Crippen LogP contribution is -2.17. The van der Waals surface area contributed by atoms with Crippen LogP contribution in [0, 0.1) is 0 Å². The van der Waals surface area contributed by atoms with Gasteiger partial charge in [0.25, 0.3) is 5.91 Å². The normalized spacial score (nSPS) is 14.8. The molecule has 1 aliphatic rings. The lowest BCUT2D eigenvalue weighted by molar-refractivity contribution is -0.112. The molecular formula is C18H17NO4S. The van der Waals surface area contributed by atoms with Crippen LogP contribution in [0.4, 0.5) is 5.69 Å². The molecule has 1 aliphatic heterocycles. The molecule has 1 amide bonds. The van der Waals surface area contributed by atoms with Crippen molar-refractivity contribution in [3.8, 4) is 17.2 Å². The number of hydrogen-bond donors (Lipinski definition) is 1. The summed E-state index contributed by atoms with van der Waals surface area (Å²) in [4.78, 5) is 13.9. The number of amides is 1. The van der Waals surface area contributed by atoms with E-state index in [0.29, 0.717) is 27.7 Å². The molecule has 0 unspecified atom stereocenters. The summed E-state index contributed by atoms with van der Waals surface area (Å²) in [7, 11) is 4.72. The Morgan fingerprint density at radius 1 is 1.00 bits per heavy atom. The molecule has 2 aromatic rings. The third-order valence-corrected chi connectivity index (χ3v) is 4.71. The molecule has 3 rings (SSSR count). The highest BCUT2D eigenvalue weighted by Gasteiger charge is 2.22. The van der Waals surface area contributed by atoms with E-state index in [1.807, 2.05) is 24.3 Å². The minimum atomic E-state index is -0.154. The number of nitrogens with one attached hydrogen (secondary N) is 1. The molecule has 1 heterocycles. The van der Waals surface area contributed by atoms with Gasteiger partial charge in [-0.25, -0.2) is 0 Å². The molecule has 0 atom stereocenters.